The summed E-state index contributed by atoms with van der Waals surface area (Å²) in [6.45, 7) is 8.54. The monoisotopic (exact) mass is 233 g/mol. The van der Waals surface area contributed by atoms with Crippen LogP contribution >= 0.6 is 0 Å². The molecule has 0 saturated carbocycles. The molecule has 1 atom stereocenters. The zero-order valence-corrected chi connectivity index (χ0v) is 11.1. The minimum Gasteiger partial charge on any atom is -0.493 e. The van der Waals surface area contributed by atoms with E-state index in [9.17, 15) is 0 Å². The van der Waals surface area contributed by atoms with E-state index in [0.717, 1.165) is 25.3 Å². The number of ether oxygens (including phenoxy) is 1. The van der Waals surface area contributed by atoms with Crippen molar-refractivity contribution in [2.45, 2.75) is 39.7 Å². The molecule has 2 rings (SSSR count). The van der Waals surface area contributed by atoms with Crippen molar-refractivity contribution in [1.29, 1.82) is 0 Å². The minimum absolute atomic E-state index is 0.454. The highest BCUT2D eigenvalue weighted by Crippen LogP contribution is 2.33. The van der Waals surface area contributed by atoms with Gasteiger partial charge in [0.05, 0.1) is 6.61 Å². The standard InChI is InChI=1S/C15H23NO/c1-11(2)10-16-14-8-5-9-17-15-12(3)6-4-7-13(14)15/h4,6-7,11,14,16H,5,8-10H2,1-3H3. The summed E-state index contributed by atoms with van der Waals surface area (Å²) < 4.78 is 5.88. The van der Waals surface area contributed by atoms with Gasteiger partial charge in [-0.05, 0) is 37.8 Å². The maximum atomic E-state index is 5.88. The lowest BCUT2D eigenvalue weighted by Crippen LogP contribution is -2.25. The Kier molecular flexibility index (Phi) is 4.06. The molecule has 94 valence electrons. The van der Waals surface area contributed by atoms with Crippen LogP contribution in [0.15, 0.2) is 18.2 Å². The van der Waals surface area contributed by atoms with Crippen LogP contribution in [-0.2, 0) is 0 Å². The topological polar surface area (TPSA) is 21.3 Å². The Balaban J connectivity index is 2.21. The van der Waals surface area contributed by atoms with E-state index < -0.39 is 0 Å². The van der Waals surface area contributed by atoms with Gasteiger partial charge in [0.1, 0.15) is 5.75 Å². The first kappa shape index (κ1) is 12.4. The number of para-hydroxylation sites is 1. The molecule has 2 nitrogen and oxygen atoms in total. The quantitative estimate of drug-likeness (QED) is 0.863. The molecule has 1 unspecified atom stereocenters. The molecule has 0 radical (unpaired) electrons. The molecule has 1 aromatic carbocycles. The van der Waals surface area contributed by atoms with E-state index in [2.05, 4.69) is 44.3 Å². The Morgan fingerprint density at radius 3 is 3.00 bits per heavy atom. The summed E-state index contributed by atoms with van der Waals surface area (Å²) in [7, 11) is 0. The van der Waals surface area contributed by atoms with Gasteiger partial charge in [0.15, 0.2) is 0 Å². The highest BCUT2D eigenvalue weighted by molar-refractivity contribution is 5.43. The highest BCUT2D eigenvalue weighted by atomic mass is 16.5. The van der Waals surface area contributed by atoms with E-state index in [0.29, 0.717) is 12.0 Å². The molecule has 0 fully saturated rings. The van der Waals surface area contributed by atoms with Gasteiger partial charge in [-0.15, -0.1) is 0 Å². The third-order valence-electron chi connectivity index (χ3n) is 3.27. The molecule has 0 amide bonds. The number of benzene rings is 1. The van der Waals surface area contributed by atoms with Gasteiger partial charge in [-0.3, -0.25) is 0 Å². The third kappa shape index (κ3) is 3.01. The molecule has 1 aliphatic heterocycles. The van der Waals surface area contributed by atoms with Crippen LogP contribution in [0.3, 0.4) is 0 Å². The smallest absolute Gasteiger partial charge is 0.126 e. The third-order valence-corrected chi connectivity index (χ3v) is 3.27. The number of hydrogen-bond donors (Lipinski definition) is 1. The second-order valence-electron chi connectivity index (χ2n) is 5.34. The lowest BCUT2D eigenvalue weighted by atomic mass is 9.99. The van der Waals surface area contributed by atoms with Crippen molar-refractivity contribution in [3.05, 3.63) is 29.3 Å². The second-order valence-corrected chi connectivity index (χ2v) is 5.34. The maximum Gasteiger partial charge on any atom is 0.126 e. The molecule has 1 heterocycles. The lowest BCUT2D eigenvalue weighted by Gasteiger charge is -2.20. The molecular weight excluding hydrogens is 210 g/mol. The Bertz CT molecular complexity index is 373. The normalized spacial score (nSPS) is 19.6. The number of aryl methyl sites for hydroxylation is 1. The van der Waals surface area contributed by atoms with E-state index in [1.165, 1.54) is 17.5 Å². The van der Waals surface area contributed by atoms with Gasteiger partial charge in [0.2, 0.25) is 0 Å². The highest BCUT2D eigenvalue weighted by Gasteiger charge is 2.20. The molecule has 0 aliphatic carbocycles. The zero-order valence-electron chi connectivity index (χ0n) is 11.1. The summed E-state index contributed by atoms with van der Waals surface area (Å²) in [5.74, 6) is 1.79. The first-order valence-electron chi connectivity index (χ1n) is 6.64. The average Bonchev–Trinajstić information content (AvgIpc) is 2.50. The Morgan fingerprint density at radius 1 is 1.41 bits per heavy atom. The predicted molar refractivity (Wildman–Crippen MR) is 71.5 cm³/mol. The number of hydrogen-bond acceptors (Lipinski definition) is 2. The molecule has 17 heavy (non-hydrogen) atoms. The van der Waals surface area contributed by atoms with Crippen molar-refractivity contribution in [2.75, 3.05) is 13.2 Å². The van der Waals surface area contributed by atoms with Crippen molar-refractivity contribution in [3.8, 4) is 5.75 Å². The maximum absolute atomic E-state index is 5.88. The van der Waals surface area contributed by atoms with Gasteiger partial charge in [-0.25, -0.2) is 0 Å². The average molecular weight is 233 g/mol. The Morgan fingerprint density at radius 2 is 2.24 bits per heavy atom. The lowest BCUT2D eigenvalue weighted by molar-refractivity contribution is 0.313. The second kappa shape index (κ2) is 5.54. The van der Waals surface area contributed by atoms with Crippen molar-refractivity contribution in [2.24, 2.45) is 5.92 Å². The van der Waals surface area contributed by atoms with E-state index >= 15 is 0 Å². The molecule has 0 bridgehead atoms. The fourth-order valence-electron chi connectivity index (χ4n) is 2.35. The van der Waals surface area contributed by atoms with Crippen molar-refractivity contribution < 1.29 is 4.74 Å². The van der Waals surface area contributed by atoms with Crippen LogP contribution in [0.4, 0.5) is 0 Å². The van der Waals surface area contributed by atoms with Crippen LogP contribution in [0, 0.1) is 12.8 Å². The van der Waals surface area contributed by atoms with Gasteiger partial charge in [0.25, 0.3) is 0 Å². The van der Waals surface area contributed by atoms with Crippen LogP contribution in [0.5, 0.6) is 5.75 Å². The fourth-order valence-corrected chi connectivity index (χ4v) is 2.35. The largest absolute Gasteiger partial charge is 0.493 e. The van der Waals surface area contributed by atoms with Gasteiger partial charge >= 0.3 is 0 Å². The summed E-state index contributed by atoms with van der Waals surface area (Å²) in [6, 6.07) is 6.91. The molecular formula is C15H23NO. The molecule has 1 aliphatic rings. The predicted octanol–water partition coefficient (Wildman–Crippen LogP) is 3.45. The first-order chi connectivity index (χ1) is 8.18. The van der Waals surface area contributed by atoms with E-state index in [4.69, 9.17) is 4.74 Å². The van der Waals surface area contributed by atoms with E-state index in [1.807, 2.05) is 0 Å². The summed E-state index contributed by atoms with van der Waals surface area (Å²) in [6.07, 6.45) is 2.30. The van der Waals surface area contributed by atoms with Crippen molar-refractivity contribution >= 4 is 0 Å². The van der Waals surface area contributed by atoms with E-state index in [-0.39, 0.29) is 0 Å². The molecule has 0 spiro atoms. The Hall–Kier alpha value is -1.02. The summed E-state index contributed by atoms with van der Waals surface area (Å²) >= 11 is 0. The first-order valence-corrected chi connectivity index (χ1v) is 6.64. The molecule has 0 saturated heterocycles. The van der Waals surface area contributed by atoms with Crippen LogP contribution in [0.2, 0.25) is 0 Å². The van der Waals surface area contributed by atoms with Crippen LogP contribution < -0.4 is 10.1 Å². The summed E-state index contributed by atoms with van der Waals surface area (Å²) in [4.78, 5) is 0. The summed E-state index contributed by atoms with van der Waals surface area (Å²) in [5, 5.41) is 3.66. The Labute approximate surface area is 104 Å². The minimum atomic E-state index is 0.454. The molecule has 0 aromatic heterocycles. The van der Waals surface area contributed by atoms with Crippen LogP contribution in [0.25, 0.3) is 0 Å². The molecule has 2 heteroatoms. The van der Waals surface area contributed by atoms with Gasteiger partial charge < -0.3 is 10.1 Å². The van der Waals surface area contributed by atoms with Crippen molar-refractivity contribution in [3.63, 3.8) is 0 Å². The fraction of sp³-hybridized carbons (Fsp3) is 0.600. The van der Waals surface area contributed by atoms with E-state index in [1.54, 1.807) is 0 Å². The van der Waals surface area contributed by atoms with Gasteiger partial charge in [0, 0.05) is 11.6 Å². The van der Waals surface area contributed by atoms with Crippen LogP contribution in [-0.4, -0.2) is 13.2 Å². The summed E-state index contributed by atoms with van der Waals surface area (Å²) in [5.41, 5.74) is 2.59. The van der Waals surface area contributed by atoms with Crippen LogP contribution in [0.1, 0.15) is 43.9 Å². The number of fused-ring (bicyclic) bond motifs is 1. The zero-order chi connectivity index (χ0) is 12.3. The molecule has 1 N–H and O–H groups in total. The number of nitrogens with one attached hydrogen (secondary N) is 1. The number of rotatable bonds is 3. The molecule has 1 aromatic rings. The van der Waals surface area contributed by atoms with Gasteiger partial charge in [-0.2, -0.15) is 0 Å². The van der Waals surface area contributed by atoms with Gasteiger partial charge in [-0.1, -0.05) is 32.0 Å². The SMILES string of the molecule is Cc1cccc2c1OCCCC2NCC(C)C. The van der Waals surface area contributed by atoms with Crippen molar-refractivity contribution in [1.82, 2.24) is 5.32 Å².